The number of anilines is 1. The summed E-state index contributed by atoms with van der Waals surface area (Å²) in [5.74, 6) is 1.83. The summed E-state index contributed by atoms with van der Waals surface area (Å²) in [7, 11) is 0. The number of hydrogen-bond acceptors (Lipinski definition) is 3. The molecule has 1 aromatic heterocycles. The minimum Gasteiger partial charge on any atom is -0.331 e. The standard InChI is InChI=1S/C13H14IN5O/c14-9-4-1-2-5-10(9)16-13(20)15-8-12-18-17-11-6-3-7-19(11)12/h1-2,4-5H,3,6-8H2,(H2,15,16,20). The Hall–Kier alpha value is -1.64. The minimum absolute atomic E-state index is 0.232. The lowest BCUT2D eigenvalue weighted by molar-refractivity contribution is 0.251. The van der Waals surface area contributed by atoms with E-state index < -0.39 is 0 Å². The van der Waals surface area contributed by atoms with Crippen LogP contribution in [0.15, 0.2) is 24.3 Å². The Morgan fingerprint density at radius 3 is 3.05 bits per heavy atom. The molecule has 104 valence electrons. The molecule has 20 heavy (non-hydrogen) atoms. The number of nitrogens with zero attached hydrogens (tertiary/aromatic N) is 3. The summed E-state index contributed by atoms with van der Waals surface area (Å²) in [5.41, 5.74) is 0.803. The van der Waals surface area contributed by atoms with E-state index in [1.54, 1.807) is 0 Å². The van der Waals surface area contributed by atoms with Gasteiger partial charge >= 0.3 is 6.03 Å². The number of benzene rings is 1. The van der Waals surface area contributed by atoms with Crippen molar-refractivity contribution < 1.29 is 4.79 Å². The monoisotopic (exact) mass is 383 g/mol. The molecule has 0 spiro atoms. The fraction of sp³-hybridized carbons (Fsp3) is 0.308. The lowest BCUT2D eigenvalue weighted by Crippen LogP contribution is -2.29. The fourth-order valence-electron chi connectivity index (χ4n) is 2.23. The van der Waals surface area contributed by atoms with Crippen LogP contribution in [0.25, 0.3) is 0 Å². The smallest absolute Gasteiger partial charge is 0.319 e. The van der Waals surface area contributed by atoms with Crippen molar-refractivity contribution in [1.82, 2.24) is 20.1 Å². The molecule has 2 aromatic rings. The Morgan fingerprint density at radius 1 is 1.35 bits per heavy atom. The second-order valence-corrected chi connectivity index (χ2v) is 5.74. The van der Waals surface area contributed by atoms with E-state index in [1.807, 2.05) is 24.3 Å². The first kappa shape index (κ1) is 13.3. The Balaban J connectivity index is 1.58. The Morgan fingerprint density at radius 2 is 2.20 bits per heavy atom. The van der Waals surface area contributed by atoms with Crippen LogP contribution in [0.3, 0.4) is 0 Å². The molecule has 0 fully saturated rings. The van der Waals surface area contributed by atoms with Gasteiger partial charge in [-0.3, -0.25) is 0 Å². The average Bonchev–Trinajstić information content (AvgIpc) is 3.02. The number of amides is 2. The Bertz CT molecular complexity index is 639. The highest BCUT2D eigenvalue weighted by Crippen LogP contribution is 2.17. The number of halogens is 1. The van der Waals surface area contributed by atoms with E-state index in [1.165, 1.54) is 0 Å². The van der Waals surface area contributed by atoms with Gasteiger partial charge in [0.1, 0.15) is 5.82 Å². The van der Waals surface area contributed by atoms with Gasteiger partial charge in [-0.2, -0.15) is 0 Å². The highest BCUT2D eigenvalue weighted by Gasteiger charge is 2.17. The zero-order chi connectivity index (χ0) is 13.9. The van der Waals surface area contributed by atoms with Crippen LogP contribution in [-0.4, -0.2) is 20.8 Å². The topological polar surface area (TPSA) is 71.8 Å². The first-order chi connectivity index (χ1) is 9.74. The number of carbonyl (C=O) groups excluding carboxylic acids is 1. The molecule has 2 heterocycles. The number of para-hydroxylation sites is 1. The van der Waals surface area contributed by atoms with Crippen molar-refractivity contribution >= 4 is 34.3 Å². The zero-order valence-electron chi connectivity index (χ0n) is 10.8. The number of hydrogen-bond donors (Lipinski definition) is 2. The number of carbonyl (C=O) groups is 1. The molecular weight excluding hydrogens is 369 g/mol. The van der Waals surface area contributed by atoms with Crippen molar-refractivity contribution in [2.24, 2.45) is 0 Å². The van der Waals surface area contributed by atoms with Crippen LogP contribution in [0.2, 0.25) is 0 Å². The molecule has 1 aromatic carbocycles. The third-order valence-corrected chi connectivity index (χ3v) is 4.16. The van der Waals surface area contributed by atoms with Gasteiger partial charge in [0.2, 0.25) is 0 Å². The molecule has 1 aliphatic rings. The number of urea groups is 1. The van der Waals surface area contributed by atoms with Gasteiger partial charge in [0.15, 0.2) is 5.82 Å². The largest absolute Gasteiger partial charge is 0.331 e. The molecule has 1 aliphatic heterocycles. The molecule has 2 amide bonds. The van der Waals surface area contributed by atoms with Crippen LogP contribution in [0.4, 0.5) is 10.5 Å². The zero-order valence-corrected chi connectivity index (χ0v) is 12.9. The van der Waals surface area contributed by atoms with Gasteiger partial charge < -0.3 is 15.2 Å². The quantitative estimate of drug-likeness (QED) is 0.798. The Kier molecular flexibility index (Phi) is 3.86. The third kappa shape index (κ3) is 2.77. The van der Waals surface area contributed by atoms with Crippen LogP contribution in [-0.2, 0) is 19.5 Å². The molecule has 7 heteroatoms. The van der Waals surface area contributed by atoms with Gasteiger partial charge in [0.05, 0.1) is 12.2 Å². The number of nitrogens with one attached hydrogen (secondary N) is 2. The second-order valence-electron chi connectivity index (χ2n) is 4.58. The molecule has 0 saturated carbocycles. The molecular formula is C13H14IN5O. The number of aromatic nitrogens is 3. The number of fused-ring (bicyclic) bond motifs is 1. The van der Waals surface area contributed by atoms with Crippen LogP contribution in [0.5, 0.6) is 0 Å². The first-order valence-corrected chi connectivity index (χ1v) is 7.52. The second kappa shape index (κ2) is 5.78. The average molecular weight is 383 g/mol. The summed E-state index contributed by atoms with van der Waals surface area (Å²) in [6.45, 7) is 1.33. The Labute approximate surface area is 130 Å². The van der Waals surface area contributed by atoms with Crippen molar-refractivity contribution in [3.05, 3.63) is 39.5 Å². The predicted molar refractivity (Wildman–Crippen MR) is 83.4 cm³/mol. The molecule has 3 rings (SSSR count). The highest BCUT2D eigenvalue weighted by molar-refractivity contribution is 14.1. The van der Waals surface area contributed by atoms with Crippen LogP contribution in [0.1, 0.15) is 18.1 Å². The minimum atomic E-state index is -0.232. The fourth-order valence-corrected chi connectivity index (χ4v) is 2.75. The molecule has 6 nitrogen and oxygen atoms in total. The lowest BCUT2D eigenvalue weighted by atomic mass is 10.3. The van der Waals surface area contributed by atoms with Crippen LogP contribution >= 0.6 is 22.6 Å². The molecule has 0 unspecified atom stereocenters. The maximum atomic E-state index is 11.9. The molecule has 0 atom stereocenters. The van der Waals surface area contributed by atoms with E-state index >= 15 is 0 Å². The van der Waals surface area contributed by atoms with Crippen molar-refractivity contribution in [3.63, 3.8) is 0 Å². The summed E-state index contributed by atoms with van der Waals surface area (Å²) in [6, 6.07) is 7.41. The molecule has 0 aliphatic carbocycles. The number of rotatable bonds is 3. The van der Waals surface area contributed by atoms with E-state index in [4.69, 9.17) is 0 Å². The normalized spacial score (nSPS) is 13.1. The molecule has 0 radical (unpaired) electrons. The molecule has 0 bridgehead atoms. The van der Waals surface area contributed by atoms with E-state index in [2.05, 4.69) is 48.0 Å². The first-order valence-electron chi connectivity index (χ1n) is 6.44. The van der Waals surface area contributed by atoms with Crippen LogP contribution < -0.4 is 10.6 Å². The summed E-state index contributed by atoms with van der Waals surface area (Å²) >= 11 is 2.19. The molecule has 2 N–H and O–H groups in total. The molecule has 0 saturated heterocycles. The van der Waals surface area contributed by atoms with E-state index in [0.29, 0.717) is 6.54 Å². The van der Waals surface area contributed by atoms with Crippen molar-refractivity contribution in [2.45, 2.75) is 25.9 Å². The van der Waals surface area contributed by atoms with Crippen LogP contribution in [0, 0.1) is 3.57 Å². The summed E-state index contributed by atoms with van der Waals surface area (Å²) in [5, 5.41) is 13.9. The van der Waals surface area contributed by atoms with Gasteiger partial charge in [-0.1, -0.05) is 12.1 Å². The van der Waals surface area contributed by atoms with Crippen molar-refractivity contribution in [3.8, 4) is 0 Å². The van der Waals surface area contributed by atoms with Crippen molar-refractivity contribution in [1.29, 1.82) is 0 Å². The third-order valence-electron chi connectivity index (χ3n) is 3.22. The van der Waals surface area contributed by atoms with Crippen molar-refractivity contribution in [2.75, 3.05) is 5.32 Å². The summed E-state index contributed by atoms with van der Waals surface area (Å²) in [6.07, 6.45) is 2.08. The highest BCUT2D eigenvalue weighted by atomic mass is 127. The van der Waals surface area contributed by atoms with Gasteiger partial charge in [-0.15, -0.1) is 10.2 Å². The summed E-state index contributed by atoms with van der Waals surface area (Å²) < 4.78 is 3.08. The summed E-state index contributed by atoms with van der Waals surface area (Å²) in [4.78, 5) is 11.9. The van der Waals surface area contributed by atoms with E-state index in [0.717, 1.165) is 40.3 Å². The predicted octanol–water partition coefficient (Wildman–Crippen LogP) is 2.15. The SMILES string of the molecule is O=C(NCc1nnc2n1CCC2)Nc1ccccc1I. The van der Waals surface area contributed by atoms with Gasteiger partial charge in [-0.05, 0) is 41.1 Å². The van der Waals surface area contributed by atoms with Gasteiger partial charge in [-0.25, -0.2) is 4.79 Å². The van der Waals surface area contributed by atoms with Gasteiger partial charge in [0.25, 0.3) is 0 Å². The maximum absolute atomic E-state index is 11.9. The number of aryl methyl sites for hydroxylation is 1. The van der Waals surface area contributed by atoms with E-state index in [-0.39, 0.29) is 6.03 Å². The lowest BCUT2D eigenvalue weighted by Gasteiger charge is -2.09. The van der Waals surface area contributed by atoms with Gasteiger partial charge in [0, 0.05) is 16.5 Å². The van der Waals surface area contributed by atoms with E-state index in [9.17, 15) is 4.79 Å². The maximum Gasteiger partial charge on any atom is 0.319 e.